The Balaban J connectivity index is 1.78. The third-order valence-corrected chi connectivity index (χ3v) is 5.05. The number of carboxylic acid groups (broad SMARTS) is 1. The number of amides is 1. The van der Waals surface area contributed by atoms with Crippen LogP contribution in [-0.4, -0.2) is 30.1 Å². The van der Waals surface area contributed by atoms with Crippen LogP contribution < -0.4 is 9.64 Å². The molecule has 5 heteroatoms. The number of ether oxygens (including phenoxy) is 1. The maximum Gasteiger partial charge on any atom is 0.341 e. The Morgan fingerprint density at radius 3 is 2.56 bits per heavy atom. The second-order valence-electron chi connectivity index (χ2n) is 7.14. The van der Waals surface area contributed by atoms with Crippen LogP contribution in [0.25, 0.3) is 0 Å². The number of carboxylic acids is 1. The monoisotopic (exact) mass is 367 g/mol. The Kier molecular flexibility index (Phi) is 5.79. The van der Waals surface area contributed by atoms with Gasteiger partial charge in [0, 0.05) is 18.7 Å². The van der Waals surface area contributed by atoms with Crippen molar-refractivity contribution in [3.8, 4) is 5.75 Å². The summed E-state index contributed by atoms with van der Waals surface area (Å²) in [6, 6.07) is 13.6. The lowest BCUT2D eigenvalue weighted by Gasteiger charge is -2.34. The van der Waals surface area contributed by atoms with E-state index < -0.39 is 5.97 Å². The van der Waals surface area contributed by atoms with Crippen LogP contribution in [0.4, 0.5) is 5.69 Å². The normalized spacial score (nSPS) is 17.0. The highest BCUT2D eigenvalue weighted by Crippen LogP contribution is 2.32. The van der Waals surface area contributed by atoms with Gasteiger partial charge in [0.2, 0.25) is 5.91 Å². The molecule has 1 saturated heterocycles. The molecule has 1 amide bonds. The smallest absolute Gasteiger partial charge is 0.341 e. The Morgan fingerprint density at radius 2 is 1.85 bits per heavy atom. The maximum atomic E-state index is 12.6. The Bertz CT molecular complexity index is 826. The number of para-hydroxylation sites is 2. The van der Waals surface area contributed by atoms with Crippen LogP contribution in [0, 0.1) is 19.8 Å². The molecule has 2 aromatic rings. The minimum Gasteiger partial charge on any atom is -0.482 e. The average molecular weight is 367 g/mol. The molecule has 1 aliphatic heterocycles. The number of anilines is 1. The molecule has 2 aromatic carbocycles. The fraction of sp³-hybridized carbons (Fsp3) is 0.364. The van der Waals surface area contributed by atoms with E-state index in [0.29, 0.717) is 24.6 Å². The number of carbonyl (C=O) groups is 2. The van der Waals surface area contributed by atoms with Gasteiger partial charge in [-0.2, -0.15) is 0 Å². The molecule has 142 valence electrons. The largest absolute Gasteiger partial charge is 0.482 e. The van der Waals surface area contributed by atoms with Crippen molar-refractivity contribution in [2.45, 2.75) is 33.1 Å². The van der Waals surface area contributed by atoms with E-state index in [1.165, 1.54) is 0 Å². The van der Waals surface area contributed by atoms with E-state index in [9.17, 15) is 9.59 Å². The zero-order chi connectivity index (χ0) is 19.4. The van der Waals surface area contributed by atoms with Gasteiger partial charge in [-0.1, -0.05) is 36.4 Å². The molecular weight excluding hydrogens is 342 g/mol. The van der Waals surface area contributed by atoms with Gasteiger partial charge in [-0.3, -0.25) is 4.79 Å². The first-order valence-corrected chi connectivity index (χ1v) is 9.24. The number of carbonyl (C=O) groups excluding carboxylic acids is 1. The van der Waals surface area contributed by atoms with Gasteiger partial charge in [-0.15, -0.1) is 0 Å². The van der Waals surface area contributed by atoms with Gasteiger partial charge in [0.05, 0.1) is 0 Å². The summed E-state index contributed by atoms with van der Waals surface area (Å²) in [5.74, 6) is 0.0834. The number of hydrogen-bond donors (Lipinski definition) is 1. The summed E-state index contributed by atoms with van der Waals surface area (Å²) in [6.45, 7) is 4.38. The SMILES string of the molecule is Cc1cccc(C)c1N1CC(Cc2ccccc2OCC(=O)O)CCC1=O. The fourth-order valence-corrected chi connectivity index (χ4v) is 3.79. The number of piperidine rings is 1. The Hall–Kier alpha value is -2.82. The Morgan fingerprint density at radius 1 is 1.15 bits per heavy atom. The zero-order valence-electron chi connectivity index (χ0n) is 15.8. The molecule has 27 heavy (non-hydrogen) atoms. The fourth-order valence-electron chi connectivity index (χ4n) is 3.79. The Labute approximate surface area is 159 Å². The van der Waals surface area contributed by atoms with Gasteiger partial charge < -0.3 is 14.7 Å². The average Bonchev–Trinajstić information content (AvgIpc) is 2.63. The molecule has 0 aromatic heterocycles. The highest BCUT2D eigenvalue weighted by molar-refractivity contribution is 5.95. The van der Waals surface area contributed by atoms with Crippen LogP contribution in [0.2, 0.25) is 0 Å². The summed E-state index contributed by atoms with van der Waals surface area (Å²) >= 11 is 0. The van der Waals surface area contributed by atoms with Gasteiger partial charge in [-0.25, -0.2) is 4.79 Å². The van der Waals surface area contributed by atoms with Gasteiger partial charge >= 0.3 is 5.97 Å². The van der Waals surface area contributed by atoms with Crippen LogP contribution in [-0.2, 0) is 16.0 Å². The molecule has 1 unspecified atom stereocenters. The van der Waals surface area contributed by atoms with Crippen LogP contribution in [0.5, 0.6) is 5.75 Å². The van der Waals surface area contributed by atoms with Crippen molar-refractivity contribution in [2.24, 2.45) is 5.92 Å². The van der Waals surface area contributed by atoms with E-state index in [1.54, 1.807) is 6.07 Å². The second-order valence-corrected chi connectivity index (χ2v) is 7.14. The third kappa shape index (κ3) is 4.48. The van der Waals surface area contributed by atoms with Crippen molar-refractivity contribution in [1.82, 2.24) is 0 Å². The molecule has 0 aliphatic carbocycles. The van der Waals surface area contributed by atoms with Crippen LogP contribution in [0.15, 0.2) is 42.5 Å². The van der Waals surface area contributed by atoms with Crippen molar-refractivity contribution in [1.29, 1.82) is 0 Å². The second kappa shape index (κ2) is 8.25. The topological polar surface area (TPSA) is 66.8 Å². The van der Waals surface area contributed by atoms with Crippen molar-refractivity contribution in [3.63, 3.8) is 0 Å². The quantitative estimate of drug-likeness (QED) is 0.844. The van der Waals surface area contributed by atoms with Gasteiger partial charge in [0.25, 0.3) is 0 Å². The number of aliphatic carboxylic acids is 1. The highest BCUT2D eigenvalue weighted by atomic mass is 16.5. The number of nitrogens with zero attached hydrogens (tertiary/aromatic N) is 1. The van der Waals surface area contributed by atoms with E-state index in [1.807, 2.05) is 55.1 Å². The van der Waals surface area contributed by atoms with Crippen molar-refractivity contribution in [3.05, 3.63) is 59.2 Å². The number of hydrogen-bond acceptors (Lipinski definition) is 3. The first kappa shape index (κ1) is 19.0. The predicted octanol–water partition coefficient (Wildman–Crippen LogP) is 3.75. The van der Waals surface area contributed by atoms with Crippen molar-refractivity contribution < 1.29 is 19.4 Å². The summed E-state index contributed by atoms with van der Waals surface area (Å²) in [4.78, 5) is 25.3. The number of rotatable bonds is 6. The molecule has 1 aliphatic rings. The molecule has 0 bridgehead atoms. The first-order valence-electron chi connectivity index (χ1n) is 9.24. The molecule has 1 heterocycles. The molecule has 5 nitrogen and oxygen atoms in total. The standard InChI is InChI=1S/C22H25NO4/c1-15-6-5-7-16(2)22(15)23-13-17(10-11-20(23)24)12-18-8-3-4-9-19(18)27-14-21(25)26/h3-9,17H,10-14H2,1-2H3,(H,25,26). The lowest BCUT2D eigenvalue weighted by atomic mass is 9.89. The molecule has 1 N–H and O–H groups in total. The molecule has 1 fully saturated rings. The zero-order valence-corrected chi connectivity index (χ0v) is 15.8. The lowest BCUT2D eigenvalue weighted by Crippen LogP contribution is -2.41. The molecule has 0 radical (unpaired) electrons. The maximum absolute atomic E-state index is 12.6. The van der Waals surface area contributed by atoms with Crippen LogP contribution in [0.1, 0.15) is 29.5 Å². The first-order chi connectivity index (χ1) is 13.0. The van der Waals surface area contributed by atoms with Crippen molar-refractivity contribution >= 4 is 17.6 Å². The molecule has 0 saturated carbocycles. The van der Waals surface area contributed by atoms with E-state index in [-0.39, 0.29) is 12.5 Å². The number of aryl methyl sites for hydroxylation is 2. The molecule has 3 rings (SSSR count). The molecular formula is C22H25NO4. The summed E-state index contributed by atoms with van der Waals surface area (Å²) < 4.78 is 5.43. The lowest BCUT2D eigenvalue weighted by molar-refractivity contribution is -0.139. The van der Waals surface area contributed by atoms with Crippen molar-refractivity contribution in [2.75, 3.05) is 18.1 Å². The van der Waals surface area contributed by atoms with Crippen LogP contribution >= 0.6 is 0 Å². The summed E-state index contributed by atoms with van der Waals surface area (Å²) in [6.07, 6.45) is 2.11. The minimum atomic E-state index is -0.991. The van der Waals surface area contributed by atoms with Gasteiger partial charge in [0.15, 0.2) is 6.61 Å². The summed E-state index contributed by atoms with van der Waals surface area (Å²) in [5.41, 5.74) is 4.21. The molecule has 1 atom stereocenters. The number of benzene rings is 2. The highest BCUT2D eigenvalue weighted by Gasteiger charge is 2.29. The molecule has 0 spiro atoms. The predicted molar refractivity (Wildman–Crippen MR) is 104 cm³/mol. The minimum absolute atomic E-state index is 0.166. The van der Waals surface area contributed by atoms with Crippen LogP contribution in [0.3, 0.4) is 0 Å². The summed E-state index contributed by atoms with van der Waals surface area (Å²) in [5, 5.41) is 8.86. The van der Waals surface area contributed by atoms with E-state index in [0.717, 1.165) is 35.2 Å². The van der Waals surface area contributed by atoms with E-state index >= 15 is 0 Å². The van der Waals surface area contributed by atoms with Gasteiger partial charge in [0.1, 0.15) is 5.75 Å². The van der Waals surface area contributed by atoms with Gasteiger partial charge in [-0.05, 0) is 55.4 Å². The third-order valence-electron chi connectivity index (χ3n) is 5.05. The summed E-state index contributed by atoms with van der Waals surface area (Å²) in [7, 11) is 0. The van der Waals surface area contributed by atoms with E-state index in [4.69, 9.17) is 9.84 Å². The van der Waals surface area contributed by atoms with E-state index in [2.05, 4.69) is 0 Å².